The van der Waals surface area contributed by atoms with Gasteiger partial charge in [0.25, 0.3) is 0 Å². The maximum Gasteiger partial charge on any atom is 0.234 e. The molecule has 2 N–H and O–H groups in total. The van der Waals surface area contributed by atoms with E-state index in [9.17, 15) is 4.79 Å². The number of carbonyl (C=O) groups excluding carboxylic acids is 1. The molecule has 3 aromatic heterocycles. The van der Waals surface area contributed by atoms with Gasteiger partial charge in [-0.05, 0) is 37.3 Å². The summed E-state index contributed by atoms with van der Waals surface area (Å²) in [5.41, 5.74) is 4.34. The molecule has 1 aromatic carbocycles. The average Bonchev–Trinajstić information content (AvgIpc) is 3.19. The molecule has 1 amide bonds. The number of aryl methyl sites for hydroxylation is 1. The maximum absolute atomic E-state index is 11.1. The number of thiazole rings is 1. The van der Waals surface area contributed by atoms with E-state index in [1.807, 2.05) is 53.2 Å². The normalized spacial score (nSPS) is 10.4. The van der Waals surface area contributed by atoms with Crippen molar-refractivity contribution in [3.63, 3.8) is 0 Å². The molecule has 0 aliphatic carbocycles. The van der Waals surface area contributed by atoms with Gasteiger partial charge in [-0.15, -0.1) is 28.3 Å². The quantitative estimate of drug-likeness (QED) is 0.485. The van der Waals surface area contributed by atoms with E-state index >= 15 is 0 Å². The molecular formula is C18H17BrN6OS. The number of imidazole rings is 1. The summed E-state index contributed by atoms with van der Waals surface area (Å²) in [5, 5.41) is 8.81. The smallest absolute Gasteiger partial charge is 0.234 e. The first-order chi connectivity index (χ1) is 12.6. The number of hydrogen-bond acceptors (Lipinski definition) is 6. The molecule has 0 spiro atoms. The average molecular weight is 445 g/mol. The molecule has 0 saturated carbocycles. The lowest BCUT2D eigenvalue weighted by molar-refractivity contribution is -0.114. The van der Waals surface area contributed by atoms with Crippen LogP contribution in [-0.4, -0.2) is 25.3 Å². The fraction of sp³-hybridized carbons (Fsp3) is 0.111. The van der Waals surface area contributed by atoms with Crippen molar-refractivity contribution in [2.45, 2.75) is 13.8 Å². The number of amides is 1. The van der Waals surface area contributed by atoms with Crippen LogP contribution in [0.3, 0.4) is 0 Å². The first kappa shape index (κ1) is 19.0. The molecule has 0 bridgehead atoms. The number of aromatic nitrogens is 4. The molecule has 27 heavy (non-hydrogen) atoms. The van der Waals surface area contributed by atoms with Crippen molar-refractivity contribution in [3.8, 4) is 11.4 Å². The van der Waals surface area contributed by atoms with Crippen molar-refractivity contribution in [1.29, 1.82) is 0 Å². The Morgan fingerprint density at radius 1 is 1.15 bits per heavy atom. The molecule has 0 aliphatic heterocycles. The Kier molecular flexibility index (Phi) is 5.52. The minimum absolute atomic E-state index is 0. The van der Waals surface area contributed by atoms with Crippen LogP contribution in [0.25, 0.3) is 17.2 Å². The second-order valence-electron chi connectivity index (χ2n) is 5.76. The fourth-order valence-electron chi connectivity index (χ4n) is 2.71. The minimum atomic E-state index is -0.0897. The van der Waals surface area contributed by atoms with Crippen LogP contribution < -0.4 is 10.6 Å². The number of nitrogens with zero attached hydrogens (tertiary/aromatic N) is 4. The van der Waals surface area contributed by atoms with Crippen molar-refractivity contribution in [3.05, 3.63) is 53.8 Å². The Balaban J connectivity index is 0.00000210. The lowest BCUT2D eigenvalue weighted by Crippen LogP contribution is -2.05. The van der Waals surface area contributed by atoms with Crippen molar-refractivity contribution in [2.24, 2.45) is 0 Å². The number of fused-ring (bicyclic) bond motifs is 1. The van der Waals surface area contributed by atoms with Crippen molar-refractivity contribution >= 4 is 56.5 Å². The Bertz CT molecular complexity index is 1090. The van der Waals surface area contributed by atoms with E-state index < -0.39 is 0 Å². The predicted octanol–water partition coefficient (Wildman–Crippen LogP) is 4.44. The molecular weight excluding hydrogens is 428 g/mol. The summed E-state index contributed by atoms with van der Waals surface area (Å²) in [6.07, 6.45) is 3.66. The van der Waals surface area contributed by atoms with Gasteiger partial charge in [0.2, 0.25) is 11.7 Å². The molecule has 0 unspecified atom stereocenters. The van der Waals surface area contributed by atoms with E-state index in [1.54, 1.807) is 6.20 Å². The highest BCUT2D eigenvalue weighted by atomic mass is 79.9. The van der Waals surface area contributed by atoms with Crippen LogP contribution in [0.1, 0.15) is 12.6 Å². The zero-order valence-electron chi connectivity index (χ0n) is 14.6. The van der Waals surface area contributed by atoms with E-state index in [4.69, 9.17) is 0 Å². The second kappa shape index (κ2) is 7.85. The summed E-state index contributed by atoms with van der Waals surface area (Å²) in [5.74, 6) is 0.573. The summed E-state index contributed by atoms with van der Waals surface area (Å²) in [6.45, 7) is 3.44. The third-order valence-corrected chi connectivity index (χ3v) is 4.54. The van der Waals surface area contributed by atoms with E-state index in [2.05, 4.69) is 25.6 Å². The summed E-state index contributed by atoms with van der Waals surface area (Å²) in [7, 11) is 0. The lowest BCUT2D eigenvalue weighted by atomic mass is 10.3. The van der Waals surface area contributed by atoms with Gasteiger partial charge in [-0.3, -0.25) is 9.20 Å². The number of hydrogen-bond donors (Lipinski definition) is 2. The third kappa shape index (κ3) is 3.99. The van der Waals surface area contributed by atoms with E-state index in [-0.39, 0.29) is 22.9 Å². The molecule has 138 valence electrons. The molecule has 0 atom stereocenters. The Labute approximate surface area is 170 Å². The van der Waals surface area contributed by atoms with Gasteiger partial charge in [0, 0.05) is 36.1 Å². The van der Waals surface area contributed by atoms with Gasteiger partial charge < -0.3 is 10.6 Å². The van der Waals surface area contributed by atoms with Gasteiger partial charge in [-0.2, -0.15) is 0 Å². The van der Waals surface area contributed by atoms with Gasteiger partial charge in [0.1, 0.15) is 5.69 Å². The molecule has 0 aliphatic rings. The number of halogens is 1. The van der Waals surface area contributed by atoms with Crippen molar-refractivity contribution in [2.75, 3.05) is 10.6 Å². The van der Waals surface area contributed by atoms with E-state index in [0.717, 1.165) is 33.6 Å². The van der Waals surface area contributed by atoms with Gasteiger partial charge in [-0.25, -0.2) is 15.0 Å². The SMILES string of the molecule is Br.CC(=O)Nc1ccc(Nc2nc(-c3c(C)nc4ncccn34)cs2)cc1. The first-order valence-corrected chi connectivity index (χ1v) is 8.88. The Morgan fingerprint density at radius 2 is 1.89 bits per heavy atom. The largest absolute Gasteiger partial charge is 0.332 e. The maximum atomic E-state index is 11.1. The Morgan fingerprint density at radius 3 is 2.63 bits per heavy atom. The third-order valence-electron chi connectivity index (χ3n) is 3.78. The monoisotopic (exact) mass is 444 g/mol. The summed E-state index contributed by atoms with van der Waals surface area (Å²) in [6, 6.07) is 9.36. The molecule has 4 rings (SSSR count). The highest BCUT2D eigenvalue weighted by molar-refractivity contribution is 8.93. The number of nitrogens with one attached hydrogen (secondary N) is 2. The van der Waals surface area contributed by atoms with Gasteiger partial charge >= 0.3 is 0 Å². The first-order valence-electron chi connectivity index (χ1n) is 8.00. The second-order valence-corrected chi connectivity index (χ2v) is 6.62. The van der Waals surface area contributed by atoms with Crippen LogP contribution in [-0.2, 0) is 4.79 Å². The van der Waals surface area contributed by atoms with Crippen LogP contribution in [0.2, 0.25) is 0 Å². The Hall–Kier alpha value is -2.78. The lowest BCUT2D eigenvalue weighted by Gasteiger charge is -2.05. The highest BCUT2D eigenvalue weighted by Crippen LogP contribution is 2.29. The minimum Gasteiger partial charge on any atom is -0.332 e. The summed E-state index contributed by atoms with van der Waals surface area (Å²) >= 11 is 1.52. The molecule has 0 fully saturated rings. The number of anilines is 3. The van der Waals surface area contributed by atoms with Gasteiger partial charge in [-0.1, -0.05) is 0 Å². The van der Waals surface area contributed by atoms with Crippen molar-refractivity contribution < 1.29 is 4.79 Å². The molecule has 4 aromatic rings. The van der Waals surface area contributed by atoms with E-state index in [0.29, 0.717) is 5.78 Å². The van der Waals surface area contributed by atoms with Crippen molar-refractivity contribution in [1.82, 2.24) is 19.4 Å². The van der Waals surface area contributed by atoms with Crippen LogP contribution in [0, 0.1) is 6.92 Å². The zero-order valence-corrected chi connectivity index (χ0v) is 17.2. The fourth-order valence-corrected chi connectivity index (χ4v) is 3.43. The highest BCUT2D eigenvalue weighted by Gasteiger charge is 2.14. The van der Waals surface area contributed by atoms with Crippen LogP contribution >= 0.6 is 28.3 Å². The van der Waals surface area contributed by atoms with Gasteiger partial charge in [0.05, 0.1) is 11.4 Å². The predicted molar refractivity (Wildman–Crippen MR) is 113 cm³/mol. The number of rotatable bonds is 4. The molecule has 9 heteroatoms. The molecule has 7 nitrogen and oxygen atoms in total. The molecule has 0 saturated heterocycles. The summed E-state index contributed by atoms with van der Waals surface area (Å²) in [4.78, 5) is 24.5. The molecule has 0 radical (unpaired) electrons. The van der Waals surface area contributed by atoms with Crippen LogP contribution in [0.15, 0.2) is 48.1 Å². The zero-order chi connectivity index (χ0) is 18.1. The number of benzene rings is 1. The molecule has 3 heterocycles. The van der Waals surface area contributed by atoms with Crippen LogP contribution in [0.4, 0.5) is 16.5 Å². The van der Waals surface area contributed by atoms with Gasteiger partial charge in [0.15, 0.2) is 5.13 Å². The number of carbonyl (C=O) groups is 1. The van der Waals surface area contributed by atoms with E-state index in [1.165, 1.54) is 18.3 Å². The summed E-state index contributed by atoms with van der Waals surface area (Å²) < 4.78 is 1.94. The standard InChI is InChI=1S/C18H16N6OS.BrH/c1-11-16(24-9-3-8-19-17(24)20-11)15-10-26-18(23-15)22-14-6-4-13(5-7-14)21-12(2)25;/h3-10H,1-2H3,(H,21,25)(H,22,23);1H. The topological polar surface area (TPSA) is 84.2 Å². The van der Waals surface area contributed by atoms with Crippen LogP contribution in [0.5, 0.6) is 0 Å².